The lowest BCUT2D eigenvalue weighted by Crippen LogP contribution is -2.02. The average molecular weight is 336 g/mol. The first-order valence-electron chi connectivity index (χ1n) is 6.11. The van der Waals surface area contributed by atoms with Crippen molar-refractivity contribution in [2.75, 3.05) is 0 Å². The van der Waals surface area contributed by atoms with Gasteiger partial charge in [-0.05, 0) is 45.8 Å². The second kappa shape index (κ2) is 5.34. The maximum atomic E-state index is 13.4. The number of aromatic nitrogens is 1. The van der Waals surface area contributed by atoms with E-state index in [1.165, 1.54) is 6.07 Å². The van der Waals surface area contributed by atoms with Crippen molar-refractivity contribution in [1.82, 2.24) is 4.98 Å². The zero-order chi connectivity index (χ0) is 14.1. The summed E-state index contributed by atoms with van der Waals surface area (Å²) in [6.45, 7) is 0. The number of fused-ring (bicyclic) bond motifs is 1. The molecule has 1 heterocycles. The van der Waals surface area contributed by atoms with Gasteiger partial charge in [0.05, 0.1) is 17.0 Å². The number of halogens is 2. The largest absolute Gasteiger partial charge is 0.441 e. The zero-order valence-electron chi connectivity index (χ0n) is 10.4. The van der Waals surface area contributed by atoms with Gasteiger partial charge in [-0.2, -0.15) is 0 Å². The zero-order valence-corrected chi connectivity index (χ0v) is 12.0. The highest BCUT2D eigenvalue weighted by atomic mass is 79.9. The lowest BCUT2D eigenvalue weighted by Gasteiger charge is -2.09. The van der Waals surface area contributed by atoms with E-state index in [-0.39, 0.29) is 6.42 Å². The Morgan fingerprint density at radius 1 is 1.25 bits per heavy atom. The van der Waals surface area contributed by atoms with Gasteiger partial charge >= 0.3 is 0 Å². The third kappa shape index (κ3) is 2.59. The maximum Gasteiger partial charge on any atom is 0.198 e. The fraction of sp³-hybridized carbons (Fsp3) is 0.133. The summed E-state index contributed by atoms with van der Waals surface area (Å²) in [5, 5.41) is 10.1. The van der Waals surface area contributed by atoms with E-state index < -0.39 is 11.9 Å². The first-order chi connectivity index (χ1) is 9.63. The quantitative estimate of drug-likeness (QED) is 0.786. The molecule has 1 unspecified atom stereocenters. The number of benzene rings is 2. The van der Waals surface area contributed by atoms with Crippen LogP contribution in [0.15, 0.2) is 51.4 Å². The smallest absolute Gasteiger partial charge is 0.198 e. The molecule has 0 saturated heterocycles. The summed E-state index contributed by atoms with van der Waals surface area (Å²) in [5.74, 6) is 0.0288. The van der Waals surface area contributed by atoms with Crippen LogP contribution in [0.1, 0.15) is 17.6 Å². The molecule has 1 aromatic heterocycles. The third-order valence-corrected chi connectivity index (χ3v) is 3.68. The Labute approximate surface area is 123 Å². The minimum atomic E-state index is -0.856. The van der Waals surface area contributed by atoms with E-state index in [4.69, 9.17) is 4.42 Å². The Hall–Kier alpha value is -1.72. The molecule has 102 valence electrons. The average Bonchev–Trinajstić information content (AvgIpc) is 2.83. The van der Waals surface area contributed by atoms with Crippen LogP contribution in [0.3, 0.4) is 0 Å². The van der Waals surface area contributed by atoms with E-state index in [1.807, 2.05) is 24.3 Å². The molecule has 0 saturated carbocycles. The number of rotatable bonds is 3. The summed E-state index contributed by atoms with van der Waals surface area (Å²) >= 11 is 3.08. The Balaban J connectivity index is 1.84. The summed E-state index contributed by atoms with van der Waals surface area (Å²) in [5.41, 5.74) is 1.92. The van der Waals surface area contributed by atoms with Crippen LogP contribution in [-0.2, 0) is 6.42 Å². The van der Waals surface area contributed by atoms with Gasteiger partial charge in [-0.25, -0.2) is 9.37 Å². The van der Waals surface area contributed by atoms with Crippen molar-refractivity contribution in [1.29, 1.82) is 0 Å². The summed E-state index contributed by atoms with van der Waals surface area (Å²) < 4.78 is 19.4. The fourth-order valence-corrected chi connectivity index (χ4v) is 2.26. The molecule has 3 aromatic rings. The SMILES string of the molecule is OC(Cc1nc2ccccc2o1)c1ccc(Br)c(F)c1. The molecular formula is C15H11BrFNO2. The molecule has 0 amide bonds. The first-order valence-corrected chi connectivity index (χ1v) is 6.90. The third-order valence-electron chi connectivity index (χ3n) is 3.03. The summed E-state index contributed by atoms with van der Waals surface area (Å²) in [6, 6.07) is 11.9. The Morgan fingerprint density at radius 2 is 2.05 bits per heavy atom. The molecule has 20 heavy (non-hydrogen) atoms. The molecular weight excluding hydrogens is 325 g/mol. The Bertz CT molecular complexity index is 723. The number of nitrogens with zero attached hydrogens (tertiary/aromatic N) is 1. The van der Waals surface area contributed by atoms with Crippen LogP contribution in [0.4, 0.5) is 4.39 Å². The normalized spacial score (nSPS) is 12.8. The Kier molecular flexibility index (Phi) is 3.54. The van der Waals surface area contributed by atoms with Crippen molar-refractivity contribution in [3.05, 3.63) is 64.2 Å². The molecule has 0 bridgehead atoms. The van der Waals surface area contributed by atoms with Crippen LogP contribution in [0.25, 0.3) is 11.1 Å². The van der Waals surface area contributed by atoms with Crippen molar-refractivity contribution < 1.29 is 13.9 Å². The molecule has 0 aliphatic rings. The summed E-state index contributed by atoms with van der Waals surface area (Å²) in [7, 11) is 0. The highest BCUT2D eigenvalue weighted by Gasteiger charge is 2.14. The second-order valence-corrected chi connectivity index (χ2v) is 5.32. The standard InChI is InChI=1S/C15H11BrFNO2/c16-10-6-5-9(7-11(10)17)13(19)8-15-18-12-3-1-2-4-14(12)20-15/h1-7,13,19H,8H2. The maximum absolute atomic E-state index is 13.4. The summed E-state index contributed by atoms with van der Waals surface area (Å²) in [4.78, 5) is 4.29. The van der Waals surface area contributed by atoms with E-state index in [1.54, 1.807) is 12.1 Å². The predicted molar refractivity (Wildman–Crippen MR) is 76.8 cm³/mol. The van der Waals surface area contributed by atoms with Crippen molar-refractivity contribution in [3.63, 3.8) is 0 Å². The molecule has 0 radical (unpaired) electrons. The van der Waals surface area contributed by atoms with Gasteiger partial charge < -0.3 is 9.52 Å². The van der Waals surface area contributed by atoms with Gasteiger partial charge in [-0.15, -0.1) is 0 Å². The van der Waals surface area contributed by atoms with Crippen LogP contribution in [0.5, 0.6) is 0 Å². The highest BCUT2D eigenvalue weighted by Crippen LogP contribution is 2.24. The van der Waals surface area contributed by atoms with Crippen molar-refractivity contribution in [3.8, 4) is 0 Å². The topological polar surface area (TPSA) is 46.3 Å². The van der Waals surface area contributed by atoms with Crippen molar-refractivity contribution >= 4 is 27.0 Å². The number of hydrogen-bond donors (Lipinski definition) is 1. The number of oxazole rings is 1. The molecule has 1 atom stereocenters. The minimum absolute atomic E-state index is 0.204. The van der Waals surface area contributed by atoms with Gasteiger partial charge in [0, 0.05) is 0 Å². The van der Waals surface area contributed by atoms with Crippen LogP contribution in [0.2, 0.25) is 0 Å². The van der Waals surface area contributed by atoms with Gasteiger partial charge in [0.15, 0.2) is 11.5 Å². The highest BCUT2D eigenvalue weighted by molar-refractivity contribution is 9.10. The molecule has 5 heteroatoms. The number of aliphatic hydroxyl groups excluding tert-OH is 1. The number of hydrogen-bond acceptors (Lipinski definition) is 3. The molecule has 3 rings (SSSR count). The van der Waals surface area contributed by atoms with Crippen LogP contribution >= 0.6 is 15.9 Å². The van der Waals surface area contributed by atoms with Crippen LogP contribution in [0, 0.1) is 5.82 Å². The van der Waals surface area contributed by atoms with E-state index in [9.17, 15) is 9.50 Å². The fourth-order valence-electron chi connectivity index (χ4n) is 2.01. The predicted octanol–water partition coefficient (Wildman–Crippen LogP) is 4.01. The van der Waals surface area contributed by atoms with E-state index in [0.29, 0.717) is 21.5 Å². The number of aliphatic hydroxyl groups is 1. The molecule has 0 spiro atoms. The lowest BCUT2D eigenvalue weighted by atomic mass is 10.1. The monoisotopic (exact) mass is 335 g/mol. The molecule has 0 fully saturated rings. The van der Waals surface area contributed by atoms with Gasteiger partial charge in [0.25, 0.3) is 0 Å². The Morgan fingerprint density at radius 3 is 2.80 bits per heavy atom. The van der Waals surface area contributed by atoms with E-state index in [2.05, 4.69) is 20.9 Å². The van der Waals surface area contributed by atoms with Gasteiger partial charge in [-0.1, -0.05) is 18.2 Å². The summed E-state index contributed by atoms with van der Waals surface area (Å²) in [6.07, 6.45) is -0.652. The molecule has 2 aromatic carbocycles. The molecule has 3 nitrogen and oxygen atoms in total. The first kappa shape index (κ1) is 13.3. The molecule has 0 aliphatic heterocycles. The van der Waals surface area contributed by atoms with Crippen molar-refractivity contribution in [2.24, 2.45) is 0 Å². The van der Waals surface area contributed by atoms with E-state index >= 15 is 0 Å². The van der Waals surface area contributed by atoms with Gasteiger partial charge in [0.1, 0.15) is 11.3 Å². The van der Waals surface area contributed by atoms with E-state index in [0.717, 1.165) is 5.52 Å². The van der Waals surface area contributed by atoms with Gasteiger partial charge in [-0.3, -0.25) is 0 Å². The van der Waals surface area contributed by atoms with Crippen molar-refractivity contribution in [2.45, 2.75) is 12.5 Å². The van der Waals surface area contributed by atoms with Crippen LogP contribution in [-0.4, -0.2) is 10.1 Å². The number of para-hydroxylation sites is 2. The van der Waals surface area contributed by atoms with Crippen LogP contribution < -0.4 is 0 Å². The lowest BCUT2D eigenvalue weighted by molar-refractivity contribution is 0.169. The second-order valence-electron chi connectivity index (χ2n) is 4.47. The van der Waals surface area contributed by atoms with Gasteiger partial charge in [0.2, 0.25) is 0 Å². The molecule has 1 N–H and O–H groups in total. The minimum Gasteiger partial charge on any atom is -0.441 e. The molecule has 0 aliphatic carbocycles.